The Hall–Kier alpha value is -2.52. The molecule has 3 heterocycles. The van der Waals surface area contributed by atoms with Crippen LogP contribution >= 0.6 is 23.2 Å². The Morgan fingerprint density at radius 1 is 1.25 bits per heavy atom. The quantitative estimate of drug-likeness (QED) is 0.560. The summed E-state index contributed by atoms with van der Waals surface area (Å²) in [5.74, 6) is 0.281. The highest BCUT2D eigenvalue weighted by Crippen LogP contribution is 2.26. The van der Waals surface area contributed by atoms with Gasteiger partial charge in [-0.15, -0.1) is 0 Å². The van der Waals surface area contributed by atoms with Crippen LogP contribution in [0, 0.1) is 0 Å². The molecule has 1 fully saturated rings. The van der Waals surface area contributed by atoms with Gasteiger partial charge in [0.05, 0.1) is 31.0 Å². The first-order chi connectivity index (χ1) is 15.4. The molecular weight excluding hydrogens is 458 g/mol. The van der Waals surface area contributed by atoms with Gasteiger partial charge < -0.3 is 19.7 Å². The summed E-state index contributed by atoms with van der Waals surface area (Å²) in [6.07, 6.45) is 2.50. The van der Waals surface area contributed by atoms with Crippen LogP contribution in [0.5, 0.6) is 0 Å². The SMILES string of the molecule is O=c1cc(-c2ccnc(NC3CCOCC3F)n2)ccn1C(CO)c1cc(Cl)cc(Cl)c1. The summed E-state index contributed by atoms with van der Waals surface area (Å²) in [7, 11) is 0. The van der Waals surface area contributed by atoms with Crippen molar-refractivity contribution in [2.75, 3.05) is 25.1 Å². The van der Waals surface area contributed by atoms with Crippen LogP contribution < -0.4 is 10.9 Å². The molecule has 0 amide bonds. The molecule has 3 atom stereocenters. The number of aromatic nitrogens is 3. The van der Waals surface area contributed by atoms with Crippen molar-refractivity contribution in [2.45, 2.75) is 24.7 Å². The van der Waals surface area contributed by atoms with E-state index in [1.807, 2.05) is 0 Å². The molecule has 0 radical (unpaired) electrons. The van der Waals surface area contributed by atoms with Crippen LogP contribution in [0.1, 0.15) is 18.0 Å². The van der Waals surface area contributed by atoms with Gasteiger partial charge in [-0.2, -0.15) is 0 Å². The summed E-state index contributed by atoms with van der Waals surface area (Å²) in [5, 5.41) is 13.8. The molecule has 32 heavy (non-hydrogen) atoms. The lowest BCUT2D eigenvalue weighted by atomic mass is 10.1. The molecule has 0 saturated carbocycles. The molecule has 3 unspecified atom stereocenters. The molecule has 3 aromatic rings. The van der Waals surface area contributed by atoms with E-state index in [9.17, 15) is 14.3 Å². The Morgan fingerprint density at radius 3 is 2.72 bits per heavy atom. The van der Waals surface area contributed by atoms with Gasteiger partial charge in [-0.25, -0.2) is 14.4 Å². The third-order valence-electron chi connectivity index (χ3n) is 5.28. The molecule has 1 aliphatic heterocycles. The Morgan fingerprint density at radius 2 is 2.03 bits per heavy atom. The molecule has 1 aliphatic rings. The van der Waals surface area contributed by atoms with Gasteiger partial charge in [0.25, 0.3) is 5.56 Å². The van der Waals surface area contributed by atoms with Crippen LogP contribution in [0.3, 0.4) is 0 Å². The largest absolute Gasteiger partial charge is 0.394 e. The van der Waals surface area contributed by atoms with Crippen molar-refractivity contribution < 1.29 is 14.2 Å². The predicted octanol–water partition coefficient (Wildman–Crippen LogP) is 3.73. The van der Waals surface area contributed by atoms with Gasteiger partial charge >= 0.3 is 0 Å². The van der Waals surface area contributed by atoms with E-state index >= 15 is 0 Å². The Balaban J connectivity index is 1.60. The second kappa shape index (κ2) is 9.95. The van der Waals surface area contributed by atoms with Crippen LogP contribution in [0.4, 0.5) is 10.3 Å². The summed E-state index contributed by atoms with van der Waals surface area (Å²) in [4.78, 5) is 21.5. The van der Waals surface area contributed by atoms with E-state index in [0.717, 1.165) is 0 Å². The van der Waals surface area contributed by atoms with E-state index in [-0.39, 0.29) is 24.7 Å². The van der Waals surface area contributed by atoms with E-state index in [0.29, 0.717) is 39.9 Å². The number of hydrogen-bond acceptors (Lipinski definition) is 6. The highest BCUT2D eigenvalue weighted by atomic mass is 35.5. The first kappa shape index (κ1) is 22.7. The van der Waals surface area contributed by atoms with Crippen molar-refractivity contribution in [3.8, 4) is 11.3 Å². The number of aliphatic hydroxyl groups is 1. The lowest BCUT2D eigenvalue weighted by molar-refractivity contribution is 0.0284. The number of hydrogen-bond donors (Lipinski definition) is 2. The zero-order valence-corrected chi connectivity index (χ0v) is 18.4. The van der Waals surface area contributed by atoms with E-state index in [1.54, 1.807) is 42.7 Å². The number of aliphatic hydroxyl groups excluding tert-OH is 1. The molecule has 168 valence electrons. The van der Waals surface area contributed by atoms with Crippen LogP contribution in [0.2, 0.25) is 10.0 Å². The Bertz CT molecular complexity index is 1140. The maximum Gasteiger partial charge on any atom is 0.251 e. The number of pyridine rings is 1. The summed E-state index contributed by atoms with van der Waals surface area (Å²) in [6.45, 7) is 0.201. The number of rotatable bonds is 6. The van der Waals surface area contributed by atoms with Gasteiger partial charge in [-0.3, -0.25) is 4.79 Å². The smallest absolute Gasteiger partial charge is 0.251 e. The lowest BCUT2D eigenvalue weighted by Crippen LogP contribution is -2.39. The monoisotopic (exact) mass is 478 g/mol. The van der Waals surface area contributed by atoms with Gasteiger partial charge in [0.1, 0.15) is 6.17 Å². The van der Waals surface area contributed by atoms with Gasteiger partial charge in [0.2, 0.25) is 5.95 Å². The minimum Gasteiger partial charge on any atom is -0.394 e. The van der Waals surface area contributed by atoms with Gasteiger partial charge in [-0.1, -0.05) is 23.2 Å². The van der Waals surface area contributed by atoms with Crippen molar-refractivity contribution >= 4 is 29.2 Å². The van der Waals surface area contributed by atoms with Crippen LogP contribution in [0.25, 0.3) is 11.3 Å². The van der Waals surface area contributed by atoms with Gasteiger partial charge in [0, 0.05) is 40.7 Å². The third-order valence-corrected chi connectivity index (χ3v) is 5.72. The number of halogens is 3. The molecular formula is C22H21Cl2FN4O3. The van der Waals surface area contributed by atoms with Crippen molar-refractivity contribution in [1.82, 2.24) is 14.5 Å². The predicted molar refractivity (Wildman–Crippen MR) is 121 cm³/mol. The molecule has 7 nitrogen and oxygen atoms in total. The maximum atomic E-state index is 14.0. The van der Waals surface area contributed by atoms with Gasteiger partial charge in [0.15, 0.2) is 0 Å². The van der Waals surface area contributed by atoms with Crippen molar-refractivity contribution in [1.29, 1.82) is 0 Å². The second-order valence-corrected chi connectivity index (χ2v) is 8.33. The minimum absolute atomic E-state index is 0.0411. The maximum absolute atomic E-state index is 14.0. The zero-order valence-electron chi connectivity index (χ0n) is 16.9. The highest BCUT2D eigenvalue weighted by molar-refractivity contribution is 6.34. The molecule has 2 N–H and O–H groups in total. The second-order valence-electron chi connectivity index (χ2n) is 7.46. The van der Waals surface area contributed by atoms with Crippen molar-refractivity contribution in [2.24, 2.45) is 0 Å². The number of benzene rings is 1. The first-order valence-electron chi connectivity index (χ1n) is 10.1. The van der Waals surface area contributed by atoms with Crippen LogP contribution in [-0.4, -0.2) is 51.7 Å². The average molecular weight is 479 g/mol. The minimum atomic E-state index is -1.14. The number of ether oxygens (including phenoxy) is 1. The highest BCUT2D eigenvalue weighted by Gasteiger charge is 2.26. The topological polar surface area (TPSA) is 89.3 Å². The number of nitrogens with one attached hydrogen (secondary N) is 1. The van der Waals surface area contributed by atoms with Crippen molar-refractivity contribution in [3.63, 3.8) is 0 Å². The van der Waals surface area contributed by atoms with E-state index in [4.69, 9.17) is 27.9 Å². The fourth-order valence-corrected chi connectivity index (χ4v) is 4.19. The van der Waals surface area contributed by atoms with E-state index in [1.165, 1.54) is 10.6 Å². The molecule has 4 rings (SSSR count). The average Bonchev–Trinajstić information content (AvgIpc) is 2.76. The number of nitrogens with zero attached hydrogens (tertiary/aromatic N) is 3. The van der Waals surface area contributed by atoms with Crippen LogP contribution in [0.15, 0.2) is 53.6 Å². The zero-order chi connectivity index (χ0) is 22.7. The van der Waals surface area contributed by atoms with E-state index in [2.05, 4.69) is 15.3 Å². The number of anilines is 1. The molecule has 10 heteroatoms. The first-order valence-corrected chi connectivity index (χ1v) is 10.8. The Kier molecular flexibility index (Phi) is 7.05. The summed E-state index contributed by atoms with van der Waals surface area (Å²) in [6, 6.07) is 8.63. The van der Waals surface area contributed by atoms with Crippen molar-refractivity contribution in [3.05, 3.63) is 74.8 Å². The third kappa shape index (κ3) is 5.10. The summed E-state index contributed by atoms with van der Waals surface area (Å²) < 4.78 is 20.5. The van der Waals surface area contributed by atoms with Gasteiger partial charge in [-0.05, 0) is 42.3 Å². The lowest BCUT2D eigenvalue weighted by Gasteiger charge is -2.26. The molecule has 0 aliphatic carbocycles. The summed E-state index contributed by atoms with van der Waals surface area (Å²) >= 11 is 12.1. The molecule has 0 spiro atoms. The fraction of sp³-hybridized carbons (Fsp3) is 0.318. The Labute approximate surface area is 193 Å². The molecule has 1 saturated heterocycles. The molecule has 2 aromatic heterocycles. The summed E-state index contributed by atoms with van der Waals surface area (Å²) in [5.41, 5.74) is 1.37. The van der Waals surface area contributed by atoms with Crippen LogP contribution in [-0.2, 0) is 4.74 Å². The molecule has 1 aromatic carbocycles. The normalized spacial score (nSPS) is 19.5. The standard InChI is InChI=1S/C22H21Cl2FN4O3/c23-15-7-14(8-16(24)10-15)20(11-30)29-5-2-13(9-21(29)31)18-1-4-26-22(27-18)28-19-3-6-32-12-17(19)25/h1-2,4-5,7-10,17,19-20,30H,3,6,11-12H2,(H,26,27,28). The molecule has 0 bridgehead atoms. The fourth-order valence-electron chi connectivity index (χ4n) is 3.65. The van der Waals surface area contributed by atoms with E-state index < -0.39 is 18.3 Å². The number of alkyl halides is 1.